The zero-order valence-corrected chi connectivity index (χ0v) is 12.3. The topological polar surface area (TPSA) is 112 Å². The van der Waals surface area contributed by atoms with Gasteiger partial charge in [0.15, 0.2) is 0 Å². The number of carbonyl (C=O) groups excluding carboxylic acids is 1. The standard InChI is InChI=1S/C13H15N5O4/c1-8(12-14-4-5-17(12)2)16-11-10(18(20)21)6-9(7-15-11)13(19)22-3/h4-8H,1-3H3,(H,15,16)/t8-/m0/s1. The third-order valence-corrected chi connectivity index (χ3v) is 3.08. The number of methoxy groups -OCH3 is 1. The van der Waals surface area contributed by atoms with E-state index in [2.05, 4.69) is 20.0 Å². The van der Waals surface area contributed by atoms with Gasteiger partial charge in [-0.3, -0.25) is 10.1 Å². The number of hydrogen-bond donors (Lipinski definition) is 1. The second-order valence-corrected chi connectivity index (χ2v) is 4.60. The van der Waals surface area contributed by atoms with E-state index in [-0.39, 0.29) is 23.1 Å². The largest absolute Gasteiger partial charge is 0.465 e. The van der Waals surface area contributed by atoms with Gasteiger partial charge >= 0.3 is 11.7 Å². The summed E-state index contributed by atoms with van der Waals surface area (Å²) in [5.41, 5.74) is -0.284. The first-order chi connectivity index (χ1) is 10.4. The fraction of sp³-hybridized carbons (Fsp3) is 0.308. The number of nitrogens with zero attached hydrogens (tertiary/aromatic N) is 4. The number of hydrogen-bond acceptors (Lipinski definition) is 7. The average Bonchev–Trinajstić information content (AvgIpc) is 2.92. The third-order valence-electron chi connectivity index (χ3n) is 3.08. The number of pyridine rings is 1. The van der Waals surface area contributed by atoms with Crippen molar-refractivity contribution >= 4 is 17.5 Å². The Morgan fingerprint density at radius 2 is 2.23 bits per heavy atom. The van der Waals surface area contributed by atoms with Gasteiger partial charge in [0.2, 0.25) is 5.82 Å². The highest BCUT2D eigenvalue weighted by atomic mass is 16.6. The van der Waals surface area contributed by atoms with Crippen molar-refractivity contribution < 1.29 is 14.5 Å². The predicted octanol–water partition coefficient (Wildman–Crippen LogP) is 1.68. The van der Waals surface area contributed by atoms with Crippen LogP contribution < -0.4 is 5.32 Å². The smallest absolute Gasteiger partial charge is 0.339 e. The van der Waals surface area contributed by atoms with Gasteiger partial charge in [-0.2, -0.15) is 0 Å². The Morgan fingerprint density at radius 1 is 1.50 bits per heavy atom. The Morgan fingerprint density at radius 3 is 2.77 bits per heavy atom. The number of rotatable bonds is 5. The number of nitro groups is 1. The van der Waals surface area contributed by atoms with Crippen LogP contribution in [-0.4, -0.2) is 32.5 Å². The molecule has 22 heavy (non-hydrogen) atoms. The highest BCUT2D eigenvalue weighted by Gasteiger charge is 2.22. The van der Waals surface area contributed by atoms with E-state index in [1.54, 1.807) is 17.0 Å². The number of imidazole rings is 1. The Kier molecular flexibility index (Phi) is 4.35. The second kappa shape index (κ2) is 6.20. The molecule has 0 fully saturated rings. The Labute approximate surface area is 126 Å². The van der Waals surface area contributed by atoms with Crippen LogP contribution in [0.25, 0.3) is 0 Å². The number of nitrogens with one attached hydrogen (secondary N) is 1. The third kappa shape index (κ3) is 3.03. The number of esters is 1. The minimum atomic E-state index is -0.681. The van der Waals surface area contributed by atoms with Gasteiger partial charge in [0, 0.05) is 31.7 Å². The molecule has 9 nitrogen and oxygen atoms in total. The van der Waals surface area contributed by atoms with E-state index >= 15 is 0 Å². The molecule has 0 unspecified atom stereocenters. The summed E-state index contributed by atoms with van der Waals surface area (Å²) < 4.78 is 6.33. The zero-order chi connectivity index (χ0) is 16.3. The van der Waals surface area contributed by atoms with Gasteiger partial charge in [-0.15, -0.1) is 0 Å². The molecule has 0 saturated heterocycles. The van der Waals surface area contributed by atoms with E-state index < -0.39 is 10.9 Å². The number of carbonyl (C=O) groups is 1. The molecule has 0 aromatic carbocycles. The number of aromatic nitrogens is 3. The molecule has 0 aliphatic heterocycles. The van der Waals surface area contributed by atoms with E-state index in [1.807, 2.05) is 14.0 Å². The lowest BCUT2D eigenvalue weighted by Crippen LogP contribution is -2.14. The lowest BCUT2D eigenvalue weighted by molar-refractivity contribution is -0.384. The molecule has 0 aliphatic carbocycles. The van der Waals surface area contributed by atoms with Crippen molar-refractivity contribution in [2.24, 2.45) is 7.05 Å². The monoisotopic (exact) mass is 305 g/mol. The summed E-state index contributed by atoms with van der Waals surface area (Å²) in [5, 5.41) is 14.1. The lowest BCUT2D eigenvalue weighted by atomic mass is 10.2. The van der Waals surface area contributed by atoms with Crippen LogP contribution in [-0.2, 0) is 11.8 Å². The molecule has 0 bridgehead atoms. The molecule has 0 saturated carbocycles. The summed E-state index contributed by atoms with van der Waals surface area (Å²) in [6.07, 6.45) is 4.64. The van der Waals surface area contributed by atoms with E-state index in [9.17, 15) is 14.9 Å². The van der Waals surface area contributed by atoms with Crippen LogP contribution in [0.3, 0.4) is 0 Å². The van der Waals surface area contributed by atoms with Crippen LogP contribution in [0.1, 0.15) is 29.1 Å². The molecular weight excluding hydrogens is 290 g/mol. The number of anilines is 1. The maximum atomic E-state index is 11.4. The molecule has 2 heterocycles. The minimum absolute atomic E-state index is 0.0180. The van der Waals surface area contributed by atoms with E-state index in [1.165, 1.54) is 13.3 Å². The van der Waals surface area contributed by atoms with Crippen LogP contribution in [0.2, 0.25) is 0 Å². The van der Waals surface area contributed by atoms with Gasteiger partial charge in [-0.1, -0.05) is 0 Å². The second-order valence-electron chi connectivity index (χ2n) is 4.60. The van der Waals surface area contributed by atoms with Gasteiger partial charge in [-0.05, 0) is 6.92 Å². The molecule has 0 aliphatic rings. The molecule has 0 spiro atoms. The van der Waals surface area contributed by atoms with Crippen molar-refractivity contribution in [1.29, 1.82) is 0 Å². The first-order valence-corrected chi connectivity index (χ1v) is 6.40. The molecule has 2 aromatic rings. The van der Waals surface area contributed by atoms with E-state index in [4.69, 9.17) is 0 Å². The van der Waals surface area contributed by atoms with Crippen molar-refractivity contribution in [1.82, 2.24) is 14.5 Å². The van der Waals surface area contributed by atoms with Gasteiger partial charge < -0.3 is 14.6 Å². The van der Waals surface area contributed by atoms with E-state index in [0.29, 0.717) is 5.82 Å². The number of ether oxygens (including phenoxy) is 1. The summed E-state index contributed by atoms with van der Waals surface area (Å²) >= 11 is 0. The summed E-state index contributed by atoms with van der Waals surface area (Å²) in [5.74, 6) is 0.0839. The first kappa shape index (κ1) is 15.4. The minimum Gasteiger partial charge on any atom is -0.465 e. The van der Waals surface area contributed by atoms with Crippen LogP contribution in [0.4, 0.5) is 11.5 Å². The molecular formula is C13H15N5O4. The van der Waals surface area contributed by atoms with Gasteiger partial charge in [0.25, 0.3) is 0 Å². The molecule has 0 radical (unpaired) electrons. The van der Waals surface area contributed by atoms with Gasteiger partial charge in [-0.25, -0.2) is 14.8 Å². The quantitative estimate of drug-likeness (QED) is 0.508. The average molecular weight is 305 g/mol. The predicted molar refractivity (Wildman–Crippen MR) is 77.5 cm³/mol. The van der Waals surface area contributed by atoms with Crippen LogP contribution >= 0.6 is 0 Å². The Bertz CT molecular complexity index is 712. The van der Waals surface area contributed by atoms with Crippen LogP contribution in [0.15, 0.2) is 24.7 Å². The van der Waals surface area contributed by atoms with Crippen molar-refractivity contribution in [2.45, 2.75) is 13.0 Å². The maximum Gasteiger partial charge on any atom is 0.339 e. The molecule has 9 heteroatoms. The highest BCUT2D eigenvalue weighted by Crippen LogP contribution is 2.26. The Balaban J connectivity index is 2.32. The fourth-order valence-corrected chi connectivity index (χ4v) is 2.00. The molecule has 2 aromatic heterocycles. The molecule has 0 amide bonds. The SMILES string of the molecule is COC(=O)c1cnc(N[C@@H](C)c2nccn2C)c([N+](=O)[O-])c1. The zero-order valence-electron chi connectivity index (χ0n) is 12.3. The maximum absolute atomic E-state index is 11.4. The summed E-state index contributed by atoms with van der Waals surface area (Å²) in [7, 11) is 3.02. The molecule has 116 valence electrons. The normalized spacial score (nSPS) is 11.8. The van der Waals surface area contributed by atoms with Gasteiger partial charge in [0.05, 0.1) is 23.6 Å². The van der Waals surface area contributed by atoms with Crippen molar-refractivity contribution in [3.05, 3.63) is 46.2 Å². The van der Waals surface area contributed by atoms with Gasteiger partial charge in [0.1, 0.15) is 5.82 Å². The Hall–Kier alpha value is -2.97. The van der Waals surface area contributed by atoms with Crippen LogP contribution in [0, 0.1) is 10.1 Å². The summed E-state index contributed by atoms with van der Waals surface area (Å²) in [4.78, 5) is 30.1. The van der Waals surface area contributed by atoms with Crippen LogP contribution in [0.5, 0.6) is 0 Å². The highest BCUT2D eigenvalue weighted by molar-refractivity contribution is 5.90. The van der Waals surface area contributed by atoms with Crippen molar-refractivity contribution in [3.63, 3.8) is 0 Å². The number of aryl methyl sites for hydroxylation is 1. The molecule has 1 N–H and O–H groups in total. The first-order valence-electron chi connectivity index (χ1n) is 6.40. The molecule has 1 atom stereocenters. The summed E-state index contributed by atoms with van der Waals surface area (Å²) in [6, 6.07) is 0.835. The summed E-state index contributed by atoms with van der Waals surface area (Å²) in [6.45, 7) is 1.81. The lowest BCUT2D eigenvalue weighted by Gasteiger charge is -2.14. The van der Waals surface area contributed by atoms with Crippen molar-refractivity contribution in [2.75, 3.05) is 12.4 Å². The fourth-order valence-electron chi connectivity index (χ4n) is 2.00. The molecule has 2 rings (SSSR count). The van der Waals surface area contributed by atoms with Crippen molar-refractivity contribution in [3.8, 4) is 0 Å². The van der Waals surface area contributed by atoms with E-state index in [0.717, 1.165) is 6.07 Å².